The minimum atomic E-state index is -1.09. The molecule has 0 aliphatic carbocycles. The molecule has 0 spiro atoms. The number of carboxylic acids is 1. The van der Waals surface area contributed by atoms with Crippen LogP contribution in [0.2, 0.25) is 0 Å². The van der Waals surface area contributed by atoms with Crippen molar-refractivity contribution in [2.75, 3.05) is 13.2 Å². The van der Waals surface area contributed by atoms with E-state index in [1.165, 1.54) is 11.6 Å². The van der Waals surface area contributed by atoms with E-state index in [4.69, 9.17) is 19.2 Å². The lowest BCUT2D eigenvalue weighted by Crippen LogP contribution is -2.24. The van der Waals surface area contributed by atoms with E-state index in [2.05, 4.69) is 25.5 Å². The molecule has 0 amide bonds. The van der Waals surface area contributed by atoms with E-state index in [0.29, 0.717) is 59.0 Å². The molecule has 0 unspecified atom stereocenters. The minimum absolute atomic E-state index is 0.171. The highest BCUT2D eigenvalue weighted by atomic mass is 16.5. The fraction of sp³-hybridized carbons (Fsp3) is 0.314. The highest BCUT2D eigenvalue weighted by Gasteiger charge is 2.21. The summed E-state index contributed by atoms with van der Waals surface area (Å²) in [6.45, 7) is 16.1. The fourth-order valence-electron chi connectivity index (χ4n) is 4.89. The highest BCUT2D eigenvalue weighted by molar-refractivity contribution is 5.84. The summed E-state index contributed by atoms with van der Waals surface area (Å²) in [5.41, 5.74) is 4.22. The number of allylic oxidation sites excluding steroid dienone is 1. The minimum Gasteiger partial charge on any atom is -0.494 e. The number of carbonyl (C=O) groups is 1. The Morgan fingerprint density at radius 1 is 1.07 bits per heavy atom. The SMILES string of the molecule is C=CCc1cc(C=Nn2c(-c3cc(C(C)C)c(OCC)cc3C)nc3ccccc3c2=O)cc(OCC)c1O[C@@H](C)C(=O)O. The Labute approximate surface area is 257 Å². The Balaban J connectivity index is 1.93. The number of aromatic nitrogens is 2. The highest BCUT2D eigenvalue weighted by Crippen LogP contribution is 2.36. The van der Waals surface area contributed by atoms with Gasteiger partial charge in [-0.2, -0.15) is 9.78 Å². The average Bonchev–Trinajstić information content (AvgIpc) is 2.98. The van der Waals surface area contributed by atoms with Gasteiger partial charge in [-0.25, -0.2) is 9.78 Å². The van der Waals surface area contributed by atoms with Gasteiger partial charge in [0.25, 0.3) is 5.56 Å². The van der Waals surface area contributed by atoms with Gasteiger partial charge in [-0.3, -0.25) is 4.79 Å². The Morgan fingerprint density at radius 3 is 2.43 bits per heavy atom. The fourth-order valence-corrected chi connectivity index (χ4v) is 4.89. The number of hydrogen-bond acceptors (Lipinski definition) is 7. The summed E-state index contributed by atoms with van der Waals surface area (Å²) in [4.78, 5) is 30.3. The van der Waals surface area contributed by atoms with Crippen LogP contribution in [0.25, 0.3) is 22.3 Å². The van der Waals surface area contributed by atoms with E-state index in [0.717, 1.165) is 22.4 Å². The molecule has 3 aromatic carbocycles. The van der Waals surface area contributed by atoms with Crippen LogP contribution < -0.4 is 19.8 Å². The molecule has 0 aliphatic rings. The summed E-state index contributed by atoms with van der Waals surface area (Å²) >= 11 is 0. The van der Waals surface area contributed by atoms with Gasteiger partial charge in [0.2, 0.25) is 0 Å². The van der Waals surface area contributed by atoms with Crippen LogP contribution in [0.5, 0.6) is 17.2 Å². The summed E-state index contributed by atoms with van der Waals surface area (Å²) < 4.78 is 18.9. The molecule has 4 aromatic rings. The number of aliphatic carboxylic acids is 1. The molecule has 9 heteroatoms. The van der Waals surface area contributed by atoms with E-state index in [9.17, 15) is 14.7 Å². The maximum atomic E-state index is 13.9. The van der Waals surface area contributed by atoms with Gasteiger partial charge in [-0.1, -0.05) is 32.1 Å². The molecule has 230 valence electrons. The number of aryl methyl sites for hydroxylation is 1. The average molecular weight is 598 g/mol. The van der Waals surface area contributed by atoms with Gasteiger partial charge in [0, 0.05) is 11.1 Å². The van der Waals surface area contributed by atoms with Crippen molar-refractivity contribution in [2.45, 2.75) is 60.0 Å². The number of benzene rings is 3. The van der Waals surface area contributed by atoms with Crippen molar-refractivity contribution in [3.63, 3.8) is 0 Å². The van der Waals surface area contributed by atoms with Crippen LogP contribution in [-0.2, 0) is 11.2 Å². The molecule has 0 saturated heterocycles. The second-order valence-corrected chi connectivity index (χ2v) is 10.6. The monoisotopic (exact) mass is 597 g/mol. The summed E-state index contributed by atoms with van der Waals surface area (Å²) in [5, 5.41) is 14.5. The van der Waals surface area contributed by atoms with Crippen LogP contribution in [0, 0.1) is 6.92 Å². The van der Waals surface area contributed by atoms with Crippen LogP contribution in [-0.4, -0.2) is 46.3 Å². The maximum Gasteiger partial charge on any atom is 0.344 e. The molecule has 0 radical (unpaired) electrons. The molecular weight excluding hydrogens is 558 g/mol. The third kappa shape index (κ3) is 6.83. The first-order valence-corrected chi connectivity index (χ1v) is 14.7. The zero-order valence-corrected chi connectivity index (χ0v) is 26.1. The molecule has 0 fully saturated rings. The smallest absolute Gasteiger partial charge is 0.344 e. The number of para-hydroxylation sites is 1. The lowest BCUT2D eigenvalue weighted by Gasteiger charge is -2.19. The molecule has 0 bridgehead atoms. The second kappa shape index (κ2) is 14.0. The standard InChI is InChI=1S/C35H39N3O6/c1-8-13-25-17-24(18-31(43-10-3)32(25)44-23(7)35(40)41)20-36-38-33(37-29-15-12-11-14-26(29)34(38)39)28-19-27(21(4)5)30(42-9-2)16-22(28)6/h8,11-12,14-21,23H,1,9-10,13H2,2-7H3,(H,40,41)/t23-/m0/s1. The lowest BCUT2D eigenvalue weighted by molar-refractivity contribution is -0.144. The molecule has 1 atom stereocenters. The van der Waals surface area contributed by atoms with Gasteiger partial charge in [-0.15, -0.1) is 6.58 Å². The maximum absolute atomic E-state index is 13.9. The summed E-state index contributed by atoms with van der Waals surface area (Å²) in [6, 6.07) is 14.7. The van der Waals surface area contributed by atoms with E-state index < -0.39 is 12.1 Å². The largest absolute Gasteiger partial charge is 0.494 e. The van der Waals surface area contributed by atoms with E-state index in [1.807, 2.05) is 51.1 Å². The third-order valence-corrected chi connectivity index (χ3v) is 7.06. The lowest BCUT2D eigenvalue weighted by atomic mass is 9.96. The quantitative estimate of drug-likeness (QED) is 0.134. The van der Waals surface area contributed by atoms with Crippen molar-refractivity contribution in [2.24, 2.45) is 5.10 Å². The van der Waals surface area contributed by atoms with Crippen molar-refractivity contribution < 1.29 is 24.1 Å². The molecule has 0 saturated carbocycles. The van der Waals surface area contributed by atoms with Gasteiger partial charge in [0.15, 0.2) is 23.4 Å². The van der Waals surface area contributed by atoms with Crippen molar-refractivity contribution in [1.82, 2.24) is 9.66 Å². The number of hydrogen-bond donors (Lipinski definition) is 1. The number of carboxylic acid groups (broad SMARTS) is 1. The van der Waals surface area contributed by atoms with Crippen LogP contribution in [0.4, 0.5) is 0 Å². The molecule has 9 nitrogen and oxygen atoms in total. The van der Waals surface area contributed by atoms with Gasteiger partial charge in [0.1, 0.15) is 5.75 Å². The summed E-state index contributed by atoms with van der Waals surface area (Å²) in [6.07, 6.45) is 2.57. The summed E-state index contributed by atoms with van der Waals surface area (Å²) in [5.74, 6) is 0.983. The molecule has 1 heterocycles. The van der Waals surface area contributed by atoms with Crippen LogP contribution >= 0.6 is 0 Å². The van der Waals surface area contributed by atoms with Crippen molar-refractivity contribution in [1.29, 1.82) is 0 Å². The Bertz CT molecular complexity index is 1770. The second-order valence-electron chi connectivity index (χ2n) is 10.6. The molecule has 1 aromatic heterocycles. The molecule has 4 rings (SSSR count). The molecule has 0 aliphatic heterocycles. The Hall–Kier alpha value is -4.92. The molecule has 1 N–H and O–H groups in total. The van der Waals surface area contributed by atoms with Gasteiger partial charge in [0.05, 0.1) is 30.3 Å². The van der Waals surface area contributed by atoms with Crippen molar-refractivity contribution >= 4 is 23.1 Å². The van der Waals surface area contributed by atoms with Crippen LogP contribution in [0.15, 0.2) is 71.1 Å². The van der Waals surface area contributed by atoms with Crippen LogP contribution in [0.1, 0.15) is 62.8 Å². The first kappa shape index (κ1) is 32.0. The Kier molecular flexibility index (Phi) is 10.2. The van der Waals surface area contributed by atoms with Gasteiger partial charge in [-0.05, 0) is 93.1 Å². The summed E-state index contributed by atoms with van der Waals surface area (Å²) in [7, 11) is 0. The van der Waals surface area contributed by atoms with Crippen LogP contribution in [0.3, 0.4) is 0 Å². The predicted octanol–water partition coefficient (Wildman–Crippen LogP) is 6.76. The topological polar surface area (TPSA) is 112 Å². The van der Waals surface area contributed by atoms with E-state index >= 15 is 0 Å². The predicted molar refractivity (Wildman–Crippen MR) is 174 cm³/mol. The Morgan fingerprint density at radius 2 is 1.77 bits per heavy atom. The number of fused-ring (bicyclic) bond motifs is 1. The van der Waals surface area contributed by atoms with Gasteiger partial charge < -0.3 is 19.3 Å². The van der Waals surface area contributed by atoms with E-state index in [-0.39, 0.29) is 11.5 Å². The third-order valence-electron chi connectivity index (χ3n) is 7.06. The number of rotatable bonds is 13. The van der Waals surface area contributed by atoms with Gasteiger partial charge >= 0.3 is 5.97 Å². The zero-order chi connectivity index (χ0) is 32.0. The normalized spacial score (nSPS) is 12.1. The first-order valence-electron chi connectivity index (χ1n) is 14.7. The van der Waals surface area contributed by atoms with Crippen molar-refractivity contribution in [3.8, 4) is 28.6 Å². The van der Waals surface area contributed by atoms with Crippen molar-refractivity contribution in [3.05, 3.63) is 93.8 Å². The first-order chi connectivity index (χ1) is 21.1. The zero-order valence-electron chi connectivity index (χ0n) is 26.1. The molecule has 44 heavy (non-hydrogen) atoms. The molecular formula is C35H39N3O6. The number of ether oxygens (including phenoxy) is 3. The van der Waals surface area contributed by atoms with E-state index in [1.54, 1.807) is 30.5 Å². The number of nitrogens with zero attached hydrogens (tertiary/aromatic N) is 3.